The fraction of sp³-hybridized carbons (Fsp3) is 0.600. The second-order valence-electron chi connectivity index (χ2n) is 14.7. The molecule has 3 fully saturated rings. The minimum Gasteiger partial charge on any atom is -0.497 e. The number of aromatic nitrogens is 2. The maximum absolute atomic E-state index is 14.4. The molecule has 0 bridgehead atoms. The molecule has 288 valence electrons. The Balaban J connectivity index is 1.35. The van der Waals surface area contributed by atoms with Gasteiger partial charge in [-0.2, -0.15) is 9.97 Å². The second kappa shape index (κ2) is 14.6. The van der Waals surface area contributed by atoms with Gasteiger partial charge in [-0.15, -0.1) is 0 Å². The van der Waals surface area contributed by atoms with E-state index in [1.54, 1.807) is 31.2 Å². The van der Waals surface area contributed by atoms with Crippen LogP contribution in [0.15, 0.2) is 30.4 Å². The van der Waals surface area contributed by atoms with Crippen molar-refractivity contribution in [2.24, 2.45) is 17.8 Å². The number of ether oxygens (including phenoxy) is 3. The number of hydrogen-bond acceptors (Lipinski definition) is 11. The first-order valence-corrected chi connectivity index (χ1v) is 19.1. The number of rotatable bonds is 9. The van der Waals surface area contributed by atoms with Crippen LogP contribution in [-0.2, 0) is 24.4 Å². The maximum atomic E-state index is 14.4. The minimum absolute atomic E-state index is 0.00689. The molecule has 1 aromatic heterocycles. The topological polar surface area (TPSA) is 215 Å². The predicted octanol–water partition coefficient (Wildman–Crippen LogP) is 2.47. The molecular formula is C35H45FN6O10S. The molecule has 53 heavy (non-hydrogen) atoms. The summed E-state index contributed by atoms with van der Waals surface area (Å²) in [5.41, 5.74) is -1.24. The lowest BCUT2D eigenvalue weighted by Gasteiger charge is -2.32. The lowest BCUT2D eigenvalue weighted by Crippen LogP contribution is -2.59. The van der Waals surface area contributed by atoms with Crippen LogP contribution in [0.25, 0.3) is 10.9 Å². The van der Waals surface area contributed by atoms with Gasteiger partial charge in [0.25, 0.3) is 5.91 Å². The molecule has 2 aliphatic carbocycles. The van der Waals surface area contributed by atoms with Gasteiger partial charge in [0, 0.05) is 18.4 Å². The number of hydrogen-bond donors (Lipinski definition) is 4. The molecule has 1 aromatic carbocycles. The Morgan fingerprint density at radius 3 is 2.55 bits per heavy atom. The summed E-state index contributed by atoms with van der Waals surface area (Å²) in [7, 11) is -1.51. The van der Waals surface area contributed by atoms with Crippen LogP contribution in [0.4, 0.5) is 9.18 Å². The number of halogens is 1. The third-order valence-electron chi connectivity index (χ3n) is 10.9. The van der Waals surface area contributed by atoms with Crippen LogP contribution < -0.4 is 29.6 Å². The van der Waals surface area contributed by atoms with Crippen molar-refractivity contribution in [1.29, 1.82) is 0 Å². The first kappa shape index (κ1) is 38.0. The number of alkyl halides is 1. The Labute approximate surface area is 306 Å². The molecule has 2 aromatic rings. The summed E-state index contributed by atoms with van der Waals surface area (Å²) < 4.78 is 57.3. The summed E-state index contributed by atoms with van der Waals surface area (Å²) in [5, 5.41) is 15.4. The highest BCUT2D eigenvalue weighted by Crippen LogP contribution is 2.48. The second-order valence-corrected chi connectivity index (χ2v) is 16.7. The number of carbonyl (C=O) groups is 4. The zero-order valence-electron chi connectivity index (χ0n) is 30.0. The number of nitrogens with one attached hydrogen (secondary N) is 3. The molecule has 4 N–H and O–H groups in total. The molecule has 16 nitrogen and oxygen atoms in total. The molecule has 1 saturated heterocycles. The third kappa shape index (κ3) is 7.55. The van der Waals surface area contributed by atoms with Gasteiger partial charge in [-0.3, -0.25) is 19.1 Å². The summed E-state index contributed by atoms with van der Waals surface area (Å²) in [6.07, 6.45) is 3.27. The molecule has 0 radical (unpaired) electrons. The number of carboxylic acid groups (broad SMARTS) is 1. The lowest BCUT2D eigenvalue weighted by atomic mass is 9.88. The van der Waals surface area contributed by atoms with Gasteiger partial charge in [-0.1, -0.05) is 26.0 Å². The van der Waals surface area contributed by atoms with E-state index < -0.39 is 80.8 Å². The van der Waals surface area contributed by atoms with E-state index in [-0.39, 0.29) is 50.0 Å². The fourth-order valence-corrected chi connectivity index (χ4v) is 8.84. The summed E-state index contributed by atoms with van der Waals surface area (Å²) in [6, 6.07) is 2.56. The SMILES string of the molecule is COc1ccc2c(O[C@@H]3C[C@H]4C(=O)N[C@]5(C(=O)NS(=O)(=O)C6(CF)CC6)C[C@H]5/C=C\CC[C@@H](C)C[C@@H](C)[C@H](NC(=O)O)C(=O)N4C3)nc(OC)nc2c1. The van der Waals surface area contributed by atoms with Crippen molar-refractivity contribution in [3.05, 3.63) is 30.4 Å². The van der Waals surface area contributed by atoms with Gasteiger partial charge in [-0.25, -0.2) is 17.6 Å². The average molecular weight is 761 g/mol. The third-order valence-corrected chi connectivity index (χ3v) is 13.0. The number of nitrogens with zero attached hydrogens (tertiary/aromatic N) is 3. The van der Waals surface area contributed by atoms with Gasteiger partial charge in [0.15, 0.2) is 0 Å². The van der Waals surface area contributed by atoms with Gasteiger partial charge < -0.3 is 34.9 Å². The van der Waals surface area contributed by atoms with Gasteiger partial charge >= 0.3 is 12.1 Å². The largest absolute Gasteiger partial charge is 0.497 e. The van der Waals surface area contributed by atoms with Crippen LogP contribution in [-0.4, -0.2) is 108 Å². The van der Waals surface area contributed by atoms with Gasteiger partial charge in [0.2, 0.25) is 27.7 Å². The Morgan fingerprint density at radius 1 is 1.13 bits per heavy atom. The van der Waals surface area contributed by atoms with Crippen LogP contribution in [0.2, 0.25) is 0 Å². The van der Waals surface area contributed by atoms with E-state index in [1.165, 1.54) is 19.1 Å². The normalized spacial score (nSPS) is 30.4. The molecule has 18 heteroatoms. The van der Waals surface area contributed by atoms with Crippen LogP contribution in [0.3, 0.4) is 0 Å². The fourth-order valence-electron chi connectivity index (χ4n) is 7.41. The van der Waals surface area contributed by atoms with Crippen LogP contribution in [0, 0.1) is 17.8 Å². The summed E-state index contributed by atoms with van der Waals surface area (Å²) in [6.45, 7) is 2.46. The molecule has 7 atom stereocenters. The smallest absolute Gasteiger partial charge is 0.405 e. The Hall–Kier alpha value is -4.74. The molecule has 2 aliphatic heterocycles. The summed E-state index contributed by atoms with van der Waals surface area (Å²) in [5.74, 6) is -2.75. The zero-order chi connectivity index (χ0) is 38.3. The van der Waals surface area contributed by atoms with E-state index in [4.69, 9.17) is 14.2 Å². The van der Waals surface area contributed by atoms with Gasteiger partial charge in [0.05, 0.1) is 31.7 Å². The Kier molecular flexibility index (Phi) is 10.5. The highest BCUT2D eigenvalue weighted by molar-refractivity contribution is 7.91. The van der Waals surface area contributed by atoms with Crippen molar-refractivity contribution in [3.63, 3.8) is 0 Å². The molecule has 4 amide bonds. The van der Waals surface area contributed by atoms with E-state index in [0.717, 1.165) is 0 Å². The van der Waals surface area contributed by atoms with E-state index in [9.17, 15) is 37.1 Å². The number of benzene rings is 1. The number of methoxy groups -OCH3 is 2. The zero-order valence-corrected chi connectivity index (χ0v) is 30.8. The van der Waals surface area contributed by atoms with Crippen LogP contribution in [0.1, 0.15) is 58.8 Å². The predicted molar refractivity (Wildman–Crippen MR) is 187 cm³/mol. The number of fused-ring (bicyclic) bond motifs is 3. The molecule has 0 spiro atoms. The molecule has 2 saturated carbocycles. The van der Waals surface area contributed by atoms with Crippen LogP contribution >= 0.6 is 0 Å². The molecule has 4 aliphatic rings. The van der Waals surface area contributed by atoms with Gasteiger partial charge in [0.1, 0.15) is 40.9 Å². The van der Waals surface area contributed by atoms with E-state index >= 15 is 0 Å². The maximum Gasteiger partial charge on any atom is 0.405 e. The van der Waals surface area contributed by atoms with Gasteiger partial charge in [-0.05, 0) is 62.5 Å². The molecule has 6 rings (SSSR count). The summed E-state index contributed by atoms with van der Waals surface area (Å²) in [4.78, 5) is 64.5. The van der Waals surface area contributed by atoms with Crippen LogP contribution in [0.5, 0.6) is 17.6 Å². The van der Waals surface area contributed by atoms with Crippen molar-refractivity contribution in [3.8, 4) is 17.6 Å². The standard InChI is InChI=1S/C35H45FN6O10S/c1-19-7-5-6-8-21-16-35(21,31(45)41-53(48,49)34(18-36)11-12-34)40-28(43)26-15-23(17-42(26)30(44)27(20(2)13-19)38-33(46)47)52-29-24-10-9-22(50-3)14-25(24)37-32(39-29)51-4/h6,8-10,14,19-21,23,26-27,38H,5,7,11-13,15-18H2,1-4H3,(H,40,43)(H,41,45)(H,46,47)/b8-6-/t19-,20-,21-,23-,26+,27+,35-/m1/s1. The quantitative estimate of drug-likeness (QED) is 0.271. The van der Waals surface area contributed by atoms with Crippen molar-refractivity contribution in [1.82, 2.24) is 30.2 Å². The lowest BCUT2D eigenvalue weighted by molar-refractivity contribution is -0.142. The Bertz CT molecular complexity index is 1920. The van der Waals surface area contributed by atoms with Crippen molar-refractivity contribution < 1.29 is 51.3 Å². The van der Waals surface area contributed by atoms with Crippen molar-refractivity contribution in [2.75, 3.05) is 27.4 Å². The van der Waals surface area contributed by atoms with E-state index in [2.05, 4.69) is 20.6 Å². The number of carbonyl (C=O) groups excluding carboxylic acids is 3. The minimum atomic E-state index is -4.40. The summed E-state index contributed by atoms with van der Waals surface area (Å²) >= 11 is 0. The average Bonchev–Trinajstić information content (AvgIpc) is 4.02. The Morgan fingerprint density at radius 2 is 1.89 bits per heavy atom. The molecule has 3 heterocycles. The van der Waals surface area contributed by atoms with E-state index in [0.29, 0.717) is 35.9 Å². The molecular weight excluding hydrogens is 715 g/mol. The monoisotopic (exact) mass is 760 g/mol. The first-order chi connectivity index (χ1) is 25.2. The highest BCUT2D eigenvalue weighted by atomic mass is 32.2. The van der Waals surface area contributed by atoms with Crippen molar-refractivity contribution in [2.45, 2.75) is 87.3 Å². The first-order valence-electron chi connectivity index (χ1n) is 17.6. The van der Waals surface area contributed by atoms with E-state index in [1.807, 2.05) is 17.7 Å². The molecule has 0 unspecified atom stereocenters. The number of amides is 4. The van der Waals surface area contributed by atoms with Crippen molar-refractivity contribution >= 4 is 44.7 Å². The number of sulfonamides is 1. The highest BCUT2D eigenvalue weighted by Gasteiger charge is 2.64. The number of allylic oxidation sites excluding steroid dienone is 1.